The lowest BCUT2D eigenvalue weighted by Gasteiger charge is -1.99. The summed E-state index contributed by atoms with van der Waals surface area (Å²) in [6.07, 6.45) is 0. The van der Waals surface area contributed by atoms with Crippen LogP contribution in [0.15, 0.2) is 0 Å². The van der Waals surface area contributed by atoms with Crippen LogP contribution < -0.4 is 5.32 Å². The fourth-order valence-electron chi connectivity index (χ4n) is 0.563. The summed E-state index contributed by atoms with van der Waals surface area (Å²) >= 11 is 4.50. The van der Waals surface area contributed by atoms with Crippen LogP contribution in [0.2, 0.25) is 0 Å². The molecule has 10 heavy (non-hydrogen) atoms. The Morgan fingerprint density at radius 3 is 2.40 bits per heavy atom. The molecule has 1 amide bonds. The molecule has 0 radical (unpaired) electrons. The summed E-state index contributed by atoms with van der Waals surface area (Å²) in [6, 6.07) is 0. The summed E-state index contributed by atoms with van der Waals surface area (Å²) in [5.41, 5.74) is 0. The maximum Gasteiger partial charge on any atom is 0.429 e. The van der Waals surface area contributed by atoms with E-state index in [4.69, 9.17) is 0 Å². The molecule has 1 saturated heterocycles. The smallest absolute Gasteiger partial charge is 0.301 e. The van der Waals surface area contributed by atoms with Gasteiger partial charge in [0.2, 0.25) is 5.91 Å². The van der Waals surface area contributed by atoms with Gasteiger partial charge in [-0.3, -0.25) is 4.79 Å². The Balaban J connectivity index is 2.82. The molecule has 0 atom stereocenters. The third-order valence-electron chi connectivity index (χ3n) is 0.971. The average Bonchev–Trinajstić information content (AvgIpc) is 2.10. The van der Waals surface area contributed by atoms with Gasteiger partial charge in [0.05, 0.1) is 0 Å². The van der Waals surface area contributed by atoms with E-state index in [0.29, 0.717) is 0 Å². The summed E-state index contributed by atoms with van der Waals surface area (Å²) in [5.74, 6) is -0.385. The molecule has 0 bridgehead atoms. The van der Waals surface area contributed by atoms with Crippen LogP contribution in [0.4, 0.5) is 0 Å². The van der Waals surface area contributed by atoms with Crippen molar-refractivity contribution in [2.45, 2.75) is 0 Å². The van der Waals surface area contributed by atoms with Gasteiger partial charge in [-0.15, -0.1) is 0 Å². The first-order chi connectivity index (χ1) is 4.61. The van der Waals surface area contributed by atoms with E-state index in [0.717, 1.165) is 4.67 Å². The van der Waals surface area contributed by atoms with Gasteiger partial charge in [-0.2, -0.15) is 0 Å². The highest BCUT2D eigenvalue weighted by atomic mass is 32.1. The van der Waals surface area contributed by atoms with Gasteiger partial charge < -0.3 is 5.32 Å². The fourth-order valence-corrected chi connectivity index (χ4v) is 1.38. The Labute approximate surface area is 62.3 Å². The molecule has 54 valence electrons. The first-order valence-electron chi connectivity index (χ1n) is 2.37. The summed E-state index contributed by atoms with van der Waals surface area (Å²) in [6.45, 7) is -0.183. The van der Waals surface area contributed by atoms with Crippen molar-refractivity contribution in [3.8, 4) is 0 Å². The van der Waals surface area contributed by atoms with E-state index in [1.807, 2.05) is 0 Å². The Kier molecular flexibility index (Phi) is 1.82. The second-order valence-corrected chi connectivity index (χ2v) is 2.99. The average molecular weight is 178 g/mol. The molecule has 0 aromatic rings. The number of carbonyl (C=O) groups is 1. The van der Waals surface area contributed by atoms with Crippen molar-refractivity contribution in [2.24, 2.45) is 0 Å². The lowest BCUT2D eigenvalue weighted by Crippen LogP contribution is -2.21. The van der Waals surface area contributed by atoms with Gasteiger partial charge in [-0.25, -0.2) is 13.8 Å². The van der Waals surface area contributed by atoms with Gasteiger partial charge in [0.25, 0.3) is 0 Å². The van der Waals surface area contributed by atoms with Gasteiger partial charge >= 0.3 is 7.83 Å². The van der Waals surface area contributed by atoms with E-state index in [1.165, 1.54) is 0 Å². The quantitative estimate of drug-likeness (QED) is 0.444. The topological polar surface area (TPSA) is 66.5 Å². The lowest BCUT2D eigenvalue weighted by molar-refractivity contribution is -0.118. The molecule has 1 aliphatic heterocycles. The van der Waals surface area contributed by atoms with Crippen LogP contribution in [0, 0.1) is 0 Å². The van der Waals surface area contributed by atoms with Crippen LogP contribution >= 0.6 is 20.0 Å². The van der Waals surface area contributed by atoms with Crippen molar-refractivity contribution in [1.82, 2.24) is 9.99 Å². The largest absolute Gasteiger partial charge is 0.429 e. The van der Waals surface area contributed by atoms with Crippen LogP contribution in [0.1, 0.15) is 0 Å². The summed E-state index contributed by atoms with van der Waals surface area (Å²) in [7, 11) is -2.76. The zero-order chi connectivity index (χ0) is 7.72. The Bertz CT molecular complexity index is 252. The normalized spacial score (nSPS) is 17.4. The first-order valence-corrected chi connectivity index (χ1v) is 3.91. The summed E-state index contributed by atoms with van der Waals surface area (Å²) < 4.78 is 21.3. The van der Waals surface area contributed by atoms with Gasteiger partial charge in [0.1, 0.15) is 6.54 Å². The summed E-state index contributed by atoms with van der Waals surface area (Å²) in [5, 5.41) is 2.14. The van der Waals surface area contributed by atoms with E-state index in [9.17, 15) is 13.9 Å². The van der Waals surface area contributed by atoms with Crippen LogP contribution in [0.3, 0.4) is 0 Å². The number of nitrogens with zero attached hydrogens (tertiary/aromatic N) is 1. The highest BCUT2D eigenvalue weighted by Crippen LogP contribution is 2.15. The molecule has 0 aliphatic carbocycles. The molecule has 0 aromatic heterocycles. The maximum atomic E-state index is 10.5. The van der Waals surface area contributed by atoms with Crippen molar-refractivity contribution in [3.63, 3.8) is 0 Å². The fraction of sp³-hybridized carbons (Fsp3) is 0.333. The van der Waals surface area contributed by atoms with Crippen LogP contribution in [0.5, 0.6) is 0 Å². The second kappa shape index (κ2) is 2.48. The molecule has 1 aliphatic rings. The van der Waals surface area contributed by atoms with E-state index in [2.05, 4.69) is 17.5 Å². The van der Waals surface area contributed by atoms with E-state index in [-0.39, 0.29) is 17.6 Å². The molecule has 1 N–H and O–H groups in total. The molecule has 1 heterocycles. The monoisotopic (exact) mass is 178 g/mol. The minimum atomic E-state index is -2.76. The van der Waals surface area contributed by atoms with Crippen molar-refractivity contribution in [1.29, 1.82) is 0 Å². The number of thiocarbonyl (C=S) groups is 1. The molecule has 0 spiro atoms. The first kappa shape index (κ1) is 7.37. The van der Waals surface area contributed by atoms with Crippen LogP contribution in [0.25, 0.3) is 0 Å². The van der Waals surface area contributed by atoms with Crippen molar-refractivity contribution < 1.29 is 13.9 Å². The molecule has 0 aromatic carbocycles. The number of hydrogen-bond donors (Lipinski definition) is 1. The van der Waals surface area contributed by atoms with Gasteiger partial charge in [0, 0.05) is 0 Å². The van der Waals surface area contributed by atoms with Crippen molar-refractivity contribution in [2.75, 3.05) is 6.54 Å². The zero-order valence-corrected chi connectivity index (χ0v) is 6.45. The summed E-state index contributed by atoms with van der Waals surface area (Å²) in [4.78, 5) is 10.5. The number of amides is 1. The molecule has 1 rings (SSSR count). The number of carbonyl (C=O) groups excluding carboxylic acids is 1. The predicted molar refractivity (Wildman–Crippen MR) is 35.7 cm³/mol. The predicted octanol–water partition coefficient (Wildman–Crippen LogP) is -0.209. The number of nitrogens with one attached hydrogen (secondary N) is 1. The number of hydrogen-bond acceptors (Lipinski definition) is 4. The molecule has 1 fully saturated rings. The lowest BCUT2D eigenvalue weighted by atomic mass is 10.7. The van der Waals surface area contributed by atoms with Crippen molar-refractivity contribution >= 4 is 31.1 Å². The standard InChI is InChI=1S/C3H3N2O3PS/c6-2-1-5(9(7)8)3(10)4-2/h1H2,(H,4,6,10). The SMILES string of the molecule is O=C1CN(P(=O)=O)C(=S)N1. The van der Waals surface area contributed by atoms with E-state index < -0.39 is 7.83 Å². The van der Waals surface area contributed by atoms with Gasteiger partial charge in [-0.05, 0) is 12.2 Å². The Morgan fingerprint density at radius 1 is 1.60 bits per heavy atom. The highest BCUT2D eigenvalue weighted by Gasteiger charge is 2.26. The van der Waals surface area contributed by atoms with Crippen molar-refractivity contribution in [3.05, 3.63) is 0 Å². The Morgan fingerprint density at radius 2 is 2.20 bits per heavy atom. The van der Waals surface area contributed by atoms with E-state index >= 15 is 0 Å². The number of rotatable bonds is 1. The van der Waals surface area contributed by atoms with Gasteiger partial charge in [0.15, 0.2) is 5.11 Å². The van der Waals surface area contributed by atoms with E-state index in [1.54, 1.807) is 0 Å². The highest BCUT2D eigenvalue weighted by molar-refractivity contribution is 7.80. The second-order valence-electron chi connectivity index (χ2n) is 1.65. The molecule has 7 heteroatoms. The molecule has 0 saturated carbocycles. The molecule has 5 nitrogen and oxygen atoms in total. The third-order valence-corrected chi connectivity index (χ3v) is 2.16. The Hall–Kier alpha value is -0.740. The molecule has 0 unspecified atom stereocenters. The molecular formula is C3H3N2O3PS. The zero-order valence-electron chi connectivity index (χ0n) is 4.73. The molecular weight excluding hydrogens is 175 g/mol. The maximum absolute atomic E-state index is 10.5. The van der Waals surface area contributed by atoms with Crippen LogP contribution in [-0.2, 0) is 13.9 Å². The minimum Gasteiger partial charge on any atom is -0.301 e. The third kappa shape index (κ3) is 1.22. The minimum absolute atomic E-state index is 0.0406. The van der Waals surface area contributed by atoms with Crippen LogP contribution in [-0.4, -0.2) is 22.2 Å². The van der Waals surface area contributed by atoms with Gasteiger partial charge in [-0.1, -0.05) is 0 Å².